The van der Waals surface area contributed by atoms with Gasteiger partial charge in [0.15, 0.2) is 5.17 Å². The highest BCUT2D eigenvalue weighted by molar-refractivity contribution is 9.10. The minimum atomic E-state index is -0.396. The zero-order valence-electron chi connectivity index (χ0n) is 15.0. The molecular weight excluding hydrogens is 438 g/mol. The molecule has 2 aromatic carbocycles. The Balaban J connectivity index is 1.54. The van der Waals surface area contributed by atoms with Crippen molar-refractivity contribution in [2.45, 2.75) is 13.5 Å². The molecule has 2 heterocycles. The van der Waals surface area contributed by atoms with Gasteiger partial charge in [-0.25, -0.2) is 0 Å². The molecule has 5 nitrogen and oxygen atoms in total. The Kier molecular flexibility index (Phi) is 5.19. The molecule has 140 valence electrons. The first-order chi connectivity index (χ1) is 13.5. The summed E-state index contributed by atoms with van der Waals surface area (Å²) in [5.41, 5.74) is 2.14. The van der Waals surface area contributed by atoms with Gasteiger partial charge in [0.2, 0.25) is 0 Å². The summed E-state index contributed by atoms with van der Waals surface area (Å²) in [6, 6.07) is 15.5. The van der Waals surface area contributed by atoms with Crippen LogP contribution in [0.15, 0.2) is 74.7 Å². The molecule has 2 aromatic rings. The van der Waals surface area contributed by atoms with Crippen molar-refractivity contribution in [2.75, 3.05) is 0 Å². The standard InChI is InChI=1S/C21H16BrN3O2S/c1-13-11-25-19(23)16(20(26)24-21(25)28-13)9-15-7-8-18(17(22)10-15)27-12-14-5-3-2-4-6-14/h2-11,23H,12H2,1H3/b16-9-,23-19?. The van der Waals surface area contributed by atoms with Crippen LogP contribution in [-0.2, 0) is 11.4 Å². The van der Waals surface area contributed by atoms with Gasteiger partial charge in [-0.1, -0.05) is 48.2 Å². The lowest BCUT2D eigenvalue weighted by Crippen LogP contribution is -2.35. The van der Waals surface area contributed by atoms with Crippen LogP contribution >= 0.6 is 27.7 Å². The quantitative estimate of drug-likeness (QED) is 0.646. The second kappa shape index (κ2) is 7.77. The molecule has 1 amide bonds. The fourth-order valence-electron chi connectivity index (χ4n) is 2.83. The van der Waals surface area contributed by atoms with Crippen LogP contribution in [-0.4, -0.2) is 21.8 Å². The number of allylic oxidation sites excluding steroid dienone is 1. The van der Waals surface area contributed by atoms with Crippen molar-refractivity contribution in [2.24, 2.45) is 4.99 Å². The number of aliphatic imine (C=N–C) groups is 1. The van der Waals surface area contributed by atoms with Gasteiger partial charge in [-0.05, 0) is 52.2 Å². The number of rotatable bonds is 4. The average molecular weight is 454 g/mol. The largest absolute Gasteiger partial charge is 0.488 e. The normalized spacial score (nSPS) is 17.5. The first kappa shape index (κ1) is 18.7. The van der Waals surface area contributed by atoms with Crippen LogP contribution in [0.5, 0.6) is 5.75 Å². The summed E-state index contributed by atoms with van der Waals surface area (Å²) in [6.07, 6.45) is 3.51. The minimum Gasteiger partial charge on any atom is -0.488 e. The van der Waals surface area contributed by atoms with Gasteiger partial charge in [0, 0.05) is 11.1 Å². The van der Waals surface area contributed by atoms with E-state index in [0.717, 1.165) is 20.5 Å². The summed E-state index contributed by atoms with van der Waals surface area (Å²) < 4.78 is 6.64. The Labute approximate surface area is 175 Å². The number of hydrogen-bond donors (Lipinski definition) is 1. The third-order valence-electron chi connectivity index (χ3n) is 4.20. The monoisotopic (exact) mass is 453 g/mol. The van der Waals surface area contributed by atoms with Crippen LogP contribution in [0, 0.1) is 5.41 Å². The summed E-state index contributed by atoms with van der Waals surface area (Å²) in [6.45, 7) is 2.40. The van der Waals surface area contributed by atoms with E-state index in [9.17, 15) is 4.79 Å². The number of hydrogen-bond acceptors (Lipinski definition) is 4. The van der Waals surface area contributed by atoms with Gasteiger partial charge in [0.25, 0.3) is 5.91 Å². The summed E-state index contributed by atoms with van der Waals surface area (Å²) in [5.74, 6) is 0.457. The van der Waals surface area contributed by atoms with Crippen molar-refractivity contribution in [3.05, 3.63) is 80.8 Å². The molecule has 0 bridgehead atoms. The number of benzene rings is 2. The molecule has 0 aromatic heterocycles. The Morgan fingerprint density at radius 2 is 2.04 bits per heavy atom. The maximum absolute atomic E-state index is 12.4. The van der Waals surface area contributed by atoms with Gasteiger partial charge in [0.1, 0.15) is 18.2 Å². The van der Waals surface area contributed by atoms with Crippen LogP contribution in [0.1, 0.15) is 18.1 Å². The Bertz CT molecular complexity index is 1060. The summed E-state index contributed by atoms with van der Waals surface area (Å²) in [5, 5.41) is 8.90. The summed E-state index contributed by atoms with van der Waals surface area (Å²) >= 11 is 4.92. The molecule has 0 fully saturated rings. The summed E-state index contributed by atoms with van der Waals surface area (Å²) in [7, 11) is 0. The molecular formula is C21H16BrN3O2S. The Hall–Kier alpha value is -2.64. The van der Waals surface area contributed by atoms with Crippen molar-refractivity contribution >= 4 is 50.7 Å². The van der Waals surface area contributed by atoms with Gasteiger partial charge < -0.3 is 4.74 Å². The smallest absolute Gasteiger partial charge is 0.283 e. The van der Waals surface area contributed by atoms with Crippen LogP contribution in [0.25, 0.3) is 6.08 Å². The van der Waals surface area contributed by atoms with Gasteiger partial charge in [-0.2, -0.15) is 4.99 Å². The van der Waals surface area contributed by atoms with E-state index in [-0.39, 0.29) is 11.4 Å². The molecule has 4 rings (SSSR count). The Morgan fingerprint density at radius 1 is 1.25 bits per heavy atom. The fraction of sp³-hybridized carbons (Fsp3) is 0.0952. The number of fused-ring (bicyclic) bond motifs is 1. The first-order valence-electron chi connectivity index (χ1n) is 8.57. The number of nitrogens with zero attached hydrogens (tertiary/aromatic N) is 2. The number of amidine groups is 2. The molecule has 0 atom stereocenters. The molecule has 0 unspecified atom stereocenters. The molecule has 0 saturated heterocycles. The molecule has 0 radical (unpaired) electrons. The number of ether oxygens (including phenoxy) is 1. The minimum absolute atomic E-state index is 0.139. The van der Waals surface area contributed by atoms with Crippen LogP contribution in [0.2, 0.25) is 0 Å². The maximum atomic E-state index is 12.4. The van der Waals surface area contributed by atoms with E-state index < -0.39 is 5.91 Å². The van der Waals surface area contributed by atoms with E-state index in [2.05, 4.69) is 20.9 Å². The van der Waals surface area contributed by atoms with Crippen molar-refractivity contribution in [1.82, 2.24) is 4.90 Å². The number of amides is 1. The van der Waals surface area contributed by atoms with Crippen LogP contribution in [0.4, 0.5) is 0 Å². The topological polar surface area (TPSA) is 65.8 Å². The number of nitrogens with one attached hydrogen (secondary N) is 1. The van der Waals surface area contributed by atoms with Gasteiger partial charge in [-0.15, -0.1) is 0 Å². The lowest BCUT2D eigenvalue weighted by Gasteiger charge is -2.22. The second-order valence-electron chi connectivity index (χ2n) is 6.28. The Morgan fingerprint density at radius 3 is 2.79 bits per heavy atom. The first-order valence-corrected chi connectivity index (χ1v) is 10.2. The fourth-order valence-corrected chi connectivity index (χ4v) is 4.16. The van der Waals surface area contributed by atoms with Crippen molar-refractivity contribution < 1.29 is 9.53 Å². The number of carbonyl (C=O) groups excluding carboxylic acids is 1. The molecule has 7 heteroatoms. The zero-order valence-corrected chi connectivity index (χ0v) is 17.4. The van der Waals surface area contributed by atoms with E-state index >= 15 is 0 Å². The molecule has 1 N–H and O–H groups in total. The summed E-state index contributed by atoms with van der Waals surface area (Å²) in [4.78, 5) is 19.1. The molecule has 2 aliphatic rings. The van der Waals surface area contributed by atoms with E-state index in [1.807, 2.05) is 61.7 Å². The van der Waals surface area contributed by atoms with E-state index in [1.54, 1.807) is 11.0 Å². The average Bonchev–Trinajstić information content (AvgIpc) is 3.05. The van der Waals surface area contributed by atoms with Gasteiger partial charge >= 0.3 is 0 Å². The zero-order chi connectivity index (χ0) is 19.7. The predicted molar refractivity (Wildman–Crippen MR) is 116 cm³/mol. The highest BCUT2D eigenvalue weighted by Crippen LogP contribution is 2.33. The maximum Gasteiger partial charge on any atom is 0.283 e. The number of carbonyl (C=O) groups is 1. The molecule has 0 saturated carbocycles. The third-order valence-corrected chi connectivity index (χ3v) is 5.71. The predicted octanol–water partition coefficient (Wildman–Crippen LogP) is 5.20. The van der Waals surface area contributed by atoms with Crippen LogP contribution < -0.4 is 4.74 Å². The third kappa shape index (κ3) is 3.81. The lowest BCUT2D eigenvalue weighted by molar-refractivity contribution is -0.114. The van der Waals surface area contributed by atoms with E-state index in [1.165, 1.54) is 11.8 Å². The second-order valence-corrected chi connectivity index (χ2v) is 8.35. The number of halogens is 1. The molecule has 2 aliphatic heterocycles. The molecule has 28 heavy (non-hydrogen) atoms. The van der Waals surface area contributed by atoms with Crippen molar-refractivity contribution in [3.8, 4) is 5.75 Å². The van der Waals surface area contributed by atoms with Crippen molar-refractivity contribution in [1.29, 1.82) is 5.41 Å². The molecule has 0 aliphatic carbocycles. The highest BCUT2D eigenvalue weighted by atomic mass is 79.9. The number of thioether (sulfide) groups is 1. The SMILES string of the molecule is CC1=CN2C(=N)/C(=C/c3ccc(OCc4ccccc4)c(Br)c3)C(=O)N=C2S1. The lowest BCUT2D eigenvalue weighted by atomic mass is 10.1. The van der Waals surface area contributed by atoms with Crippen LogP contribution in [0.3, 0.4) is 0 Å². The van der Waals surface area contributed by atoms with Gasteiger partial charge in [0.05, 0.1) is 10.0 Å². The van der Waals surface area contributed by atoms with Gasteiger partial charge in [-0.3, -0.25) is 15.1 Å². The van der Waals surface area contributed by atoms with E-state index in [0.29, 0.717) is 17.5 Å². The highest BCUT2D eigenvalue weighted by Gasteiger charge is 2.32. The van der Waals surface area contributed by atoms with Crippen molar-refractivity contribution in [3.63, 3.8) is 0 Å². The van der Waals surface area contributed by atoms with E-state index in [4.69, 9.17) is 10.1 Å². The molecule has 0 spiro atoms.